The molecule has 0 aliphatic heterocycles. The lowest BCUT2D eigenvalue weighted by molar-refractivity contribution is 0.0913. The Morgan fingerprint density at radius 1 is 1.44 bits per heavy atom. The van der Waals surface area contributed by atoms with Crippen molar-refractivity contribution in [1.29, 1.82) is 0 Å². The minimum atomic E-state index is -0.447. The summed E-state index contributed by atoms with van der Waals surface area (Å²) in [5.74, 6) is 0.489. The van der Waals surface area contributed by atoms with Gasteiger partial charge in [-0.25, -0.2) is 4.98 Å². The maximum Gasteiger partial charge on any atom is 0.291 e. The molecule has 0 saturated heterocycles. The fraction of sp³-hybridized carbons (Fsp3) is 0.750. The van der Waals surface area contributed by atoms with Gasteiger partial charge in [0.25, 0.3) is 5.91 Å². The zero-order valence-corrected chi connectivity index (χ0v) is 11.6. The summed E-state index contributed by atoms with van der Waals surface area (Å²) in [4.78, 5) is 16.0. The molecular weight excluding hydrogens is 232 g/mol. The summed E-state index contributed by atoms with van der Waals surface area (Å²) < 4.78 is 0. The van der Waals surface area contributed by atoms with Gasteiger partial charge in [-0.1, -0.05) is 20.8 Å². The molecule has 0 radical (unpaired) electrons. The molecule has 1 amide bonds. The van der Waals surface area contributed by atoms with E-state index in [9.17, 15) is 9.90 Å². The van der Waals surface area contributed by atoms with Crippen LogP contribution in [0, 0.1) is 0 Å². The Balaban J connectivity index is 2.65. The fourth-order valence-electron chi connectivity index (χ4n) is 1.56. The van der Waals surface area contributed by atoms with Gasteiger partial charge >= 0.3 is 0 Å². The number of aliphatic hydroxyl groups excluding tert-OH is 1. The predicted molar refractivity (Wildman–Crippen MR) is 68.3 cm³/mol. The van der Waals surface area contributed by atoms with Crippen molar-refractivity contribution in [2.75, 3.05) is 0 Å². The van der Waals surface area contributed by atoms with Gasteiger partial charge < -0.3 is 10.4 Å². The molecule has 1 heterocycles. The summed E-state index contributed by atoms with van der Waals surface area (Å²) in [5, 5.41) is 18.7. The summed E-state index contributed by atoms with van der Waals surface area (Å²) in [6.45, 7) is 9.50. The highest BCUT2D eigenvalue weighted by molar-refractivity contribution is 5.90. The van der Waals surface area contributed by atoms with E-state index >= 15 is 0 Å². The maximum atomic E-state index is 11.8. The zero-order valence-electron chi connectivity index (χ0n) is 11.6. The van der Waals surface area contributed by atoms with Gasteiger partial charge in [0.05, 0.1) is 6.10 Å². The molecule has 0 fully saturated rings. The number of aliphatic hydroxyl groups is 1. The number of rotatable bonds is 4. The van der Waals surface area contributed by atoms with Crippen molar-refractivity contribution in [2.24, 2.45) is 0 Å². The molecule has 1 aromatic rings. The van der Waals surface area contributed by atoms with Gasteiger partial charge in [-0.15, -0.1) is 5.10 Å². The van der Waals surface area contributed by atoms with Crippen molar-refractivity contribution >= 4 is 5.91 Å². The summed E-state index contributed by atoms with van der Waals surface area (Å²) in [5.41, 5.74) is -0.170. The maximum absolute atomic E-state index is 11.8. The lowest BCUT2D eigenvalue weighted by Gasteiger charge is -2.14. The largest absolute Gasteiger partial charge is 0.393 e. The van der Waals surface area contributed by atoms with Crippen LogP contribution in [0.2, 0.25) is 0 Å². The second-order valence-corrected chi connectivity index (χ2v) is 5.72. The van der Waals surface area contributed by atoms with E-state index in [-0.39, 0.29) is 23.2 Å². The minimum absolute atomic E-state index is 0.117. The van der Waals surface area contributed by atoms with Gasteiger partial charge in [0.15, 0.2) is 0 Å². The molecule has 2 unspecified atom stereocenters. The Morgan fingerprint density at radius 2 is 2.06 bits per heavy atom. The number of aromatic amines is 1. The molecule has 6 nitrogen and oxygen atoms in total. The quantitative estimate of drug-likeness (QED) is 0.747. The molecule has 1 aromatic heterocycles. The molecule has 1 rings (SSSR count). The van der Waals surface area contributed by atoms with E-state index in [2.05, 4.69) is 20.5 Å². The van der Waals surface area contributed by atoms with Crippen LogP contribution >= 0.6 is 0 Å². The van der Waals surface area contributed by atoms with Crippen LogP contribution in [0.4, 0.5) is 0 Å². The lowest BCUT2D eigenvalue weighted by atomic mass is 9.96. The highest BCUT2D eigenvalue weighted by Crippen LogP contribution is 2.17. The molecule has 0 saturated carbocycles. The van der Waals surface area contributed by atoms with Gasteiger partial charge in [0, 0.05) is 11.5 Å². The first-order chi connectivity index (χ1) is 8.20. The van der Waals surface area contributed by atoms with Crippen molar-refractivity contribution in [3.05, 3.63) is 11.6 Å². The van der Waals surface area contributed by atoms with Crippen LogP contribution in [0.15, 0.2) is 0 Å². The van der Waals surface area contributed by atoms with E-state index < -0.39 is 6.10 Å². The third kappa shape index (κ3) is 4.10. The van der Waals surface area contributed by atoms with E-state index in [0.29, 0.717) is 12.2 Å². The Kier molecular flexibility index (Phi) is 4.45. The Labute approximate surface area is 107 Å². The summed E-state index contributed by atoms with van der Waals surface area (Å²) >= 11 is 0. The molecule has 0 bridgehead atoms. The molecule has 0 aliphatic carbocycles. The van der Waals surface area contributed by atoms with Crippen molar-refractivity contribution in [3.63, 3.8) is 0 Å². The molecular formula is C12H22N4O2. The smallest absolute Gasteiger partial charge is 0.291 e. The van der Waals surface area contributed by atoms with E-state index in [4.69, 9.17) is 0 Å². The van der Waals surface area contributed by atoms with Crippen molar-refractivity contribution in [2.45, 2.75) is 58.6 Å². The van der Waals surface area contributed by atoms with Gasteiger partial charge in [0.1, 0.15) is 5.82 Å². The number of carbonyl (C=O) groups is 1. The topological polar surface area (TPSA) is 90.9 Å². The van der Waals surface area contributed by atoms with Gasteiger partial charge in [-0.2, -0.15) is 0 Å². The third-order valence-electron chi connectivity index (χ3n) is 2.47. The van der Waals surface area contributed by atoms with E-state index in [1.165, 1.54) is 0 Å². The second-order valence-electron chi connectivity index (χ2n) is 5.72. The number of amides is 1. The molecule has 0 aromatic carbocycles. The third-order valence-corrected chi connectivity index (χ3v) is 2.47. The summed E-state index contributed by atoms with van der Waals surface area (Å²) in [6, 6.07) is -0.117. The molecule has 3 N–H and O–H groups in total. The Hall–Kier alpha value is -1.43. The van der Waals surface area contributed by atoms with Crippen LogP contribution in [0.3, 0.4) is 0 Å². The van der Waals surface area contributed by atoms with E-state index in [0.717, 1.165) is 0 Å². The average Bonchev–Trinajstić information content (AvgIpc) is 2.63. The number of nitrogens with zero attached hydrogens (tertiary/aromatic N) is 2. The fourth-order valence-corrected chi connectivity index (χ4v) is 1.56. The number of hydrogen-bond donors (Lipinski definition) is 3. The molecule has 0 aliphatic rings. The van der Waals surface area contributed by atoms with Crippen molar-refractivity contribution in [1.82, 2.24) is 20.5 Å². The molecule has 0 spiro atoms. The number of carbonyl (C=O) groups excluding carboxylic acids is 1. The number of nitrogens with one attached hydrogen (secondary N) is 2. The molecule has 2 atom stereocenters. The van der Waals surface area contributed by atoms with Crippen molar-refractivity contribution < 1.29 is 9.90 Å². The normalized spacial score (nSPS) is 15.2. The van der Waals surface area contributed by atoms with Crippen LogP contribution in [0.1, 0.15) is 57.5 Å². The number of H-pyrrole nitrogens is 1. The predicted octanol–water partition coefficient (Wildman–Crippen LogP) is 0.991. The van der Waals surface area contributed by atoms with Crippen LogP contribution in [-0.2, 0) is 5.41 Å². The van der Waals surface area contributed by atoms with E-state index in [1.807, 2.05) is 27.7 Å². The number of hydrogen-bond acceptors (Lipinski definition) is 4. The molecule has 18 heavy (non-hydrogen) atoms. The van der Waals surface area contributed by atoms with Gasteiger partial charge in [0.2, 0.25) is 5.82 Å². The molecule has 6 heteroatoms. The zero-order chi connectivity index (χ0) is 13.9. The van der Waals surface area contributed by atoms with Crippen LogP contribution in [-0.4, -0.2) is 38.3 Å². The first-order valence-electron chi connectivity index (χ1n) is 6.12. The first-order valence-corrected chi connectivity index (χ1v) is 6.12. The lowest BCUT2D eigenvalue weighted by Crippen LogP contribution is -2.35. The van der Waals surface area contributed by atoms with Gasteiger partial charge in [-0.3, -0.25) is 9.89 Å². The minimum Gasteiger partial charge on any atom is -0.393 e. The standard InChI is InChI=1S/C12H22N4O2/c1-7(6-8(2)17)13-10(18)9-14-11(16-15-9)12(3,4)5/h7-8,17H,6H2,1-5H3,(H,13,18)(H,14,15,16). The first kappa shape index (κ1) is 14.6. The highest BCUT2D eigenvalue weighted by atomic mass is 16.3. The van der Waals surface area contributed by atoms with Crippen molar-refractivity contribution in [3.8, 4) is 0 Å². The average molecular weight is 254 g/mol. The highest BCUT2D eigenvalue weighted by Gasteiger charge is 2.22. The second kappa shape index (κ2) is 5.48. The van der Waals surface area contributed by atoms with E-state index in [1.54, 1.807) is 6.92 Å². The van der Waals surface area contributed by atoms with Crippen LogP contribution in [0.25, 0.3) is 0 Å². The Morgan fingerprint density at radius 3 is 2.50 bits per heavy atom. The number of aromatic nitrogens is 3. The SMILES string of the molecule is CC(O)CC(C)NC(=O)c1n[nH]c(C(C)(C)C)n1. The Bertz CT molecular complexity index is 406. The monoisotopic (exact) mass is 254 g/mol. The molecule has 102 valence electrons. The van der Waals surface area contributed by atoms with Crippen LogP contribution < -0.4 is 5.32 Å². The van der Waals surface area contributed by atoms with Gasteiger partial charge in [-0.05, 0) is 20.3 Å². The van der Waals surface area contributed by atoms with Crippen LogP contribution in [0.5, 0.6) is 0 Å². The summed E-state index contributed by atoms with van der Waals surface area (Å²) in [7, 11) is 0. The summed E-state index contributed by atoms with van der Waals surface area (Å²) in [6.07, 6.45) is 0.0556.